The molecule has 1 heterocycles. The first kappa shape index (κ1) is 12.1. The molecule has 0 bridgehead atoms. The number of anilines is 1. The van der Waals surface area contributed by atoms with Gasteiger partial charge in [-0.05, 0) is 31.0 Å². The van der Waals surface area contributed by atoms with Gasteiger partial charge in [0.1, 0.15) is 11.9 Å². The SMILES string of the molecule is N#Cc1cc(NC2CCS(=O)CC2)ccc1F. The summed E-state index contributed by atoms with van der Waals surface area (Å²) in [6.07, 6.45) is 1.71. The van der Waals surface area contributed by atoms with E-state index in [1.165, 1.54) is 12.1 Å². The van der Waals surface area contributed by atoms with Gasteiger partial charge in [-0.1, -0.05) is 0 Å². The molecule has 0 atom stereocenters. The monoisotopic (exact) mass is 252 g/mol. The van der Waals surface area contributed by atoms with Crippen LogP contribution in [-0.2, 0) is 10.8 Å². The Balaban J connectivity index is 2.04. The number of hydrogen-bond acceptors (Lipinski definition) is 3. The molecule has 1 aliphatic rings. The van der Waals surface area contributed by atoms with Crippen LogP contribution in [0, 0.1) is 17.1 Å². The molecule has 0 aliphatic carbocycles. The third-order valence-corrected chi connectivity index (χ3v) is 4.23. The van der Waals surface area contributed by atoms with Crippen molar-refractivity contribution >= 4 is 16.5 Å². The van der Waals surface area contributed by atoms with Gasteiger partial charge in [0, 0.05) is 34.0 Å². The molecular weight excluding hydrogens is 239 g/mol. The Kier molecular flexibility index (Phi) is 3.75. The van der Waals surface area contributed by atoms with Gasteiger partial charge in [-0.2, -0.15) is 5.26 Å². The number of nitrogens with one attached hydrogen (secondary N) is 1. The largest absolute Gasteiger partial charge is 0.382 e. The van der Waals surface area contributed by atoms with Gasteiger partial charge in [-0.15, -0.1) is 0 Å². The van der Waals surface area contributed by atoms with E-state index in [2.05, 4.69) is 5.32 Å². The fourth-order valence-electron chi connectivity index (χ4n) is 1.87. The van der Waals surface area contributed by atoms with E-state index >= 15 is 0 Å². The Morgan fingerprint density at radius 2 is 2.12 bits per heavy atom. The molecule has 1 aromatic rings. The Bertz CT molecular complexity index is 474. The highest BCUT2D eigenvalue weighted by molar-refractivity contribution is 7.85. The molecule has 0 amide bonds. The minimum absolute atomic E-state index is 0.0504. The zero-order valence-electron chi connectivity index (χ0n) is 9.28. The van der Waals surface area contributed by atoms with Gasteiger partial charge >= 0.3 is 0 Å². The summed E-state index contributed by atoms with van der Waals surface area (Å²) >= 11 is 0. The first-order valence-electron chi connectivity index (χ1n) is 5.50. The second-order valence-electron chi connectivity index (χ2n) is 4.07. The van der Waals surface area contributed by atoms with E-state index in [1.54, 1.807) is 6.07 Å². The summed E-state index contributed by atoms with van der Waals surface area (Å²) in [5.74, 6) is 0.927. The Labute approximate surface area is 102 Å². The molecule has 0 aromatic heterocycles. The second-order valence-corrected chi connectivity index (χ2v) is 5.77. The van der Waals surface area contributed by atoms with E-state index in [0.29, 0.717) is 11.5 Å². The Hall–Kier alpha value is -1.41. The minimum atomic E-state index is -0.681. The van der Waals surface area contributed by atoms with Crippen LogP contribution in [0.25, 0.3) is 0 Å². The lowest BCUT2D eigenvalue weighted by atomic mass is 10.1. The molecule has 0 unspecified atom stereocenters. The minimum Gasteiger partial charge on any atom is -0.382 e. The van der Waals surface area contributed by atoms with Gasteiger partial charge in [0.2, 0.25) is 0 Å². The number of rotatable bonds is 2. The van der Waals surface area contributed by atoms with Crippen molar-refractivity contribution < 1.29 is 8.60 Å². The van der Waals surface area contributed by atoms with Crippen molar-refractivity contribution in [3.63, 3.8) is 0 Å². The maximum atomic E-state index is 13.1. The molecule has 1 N–H and O–H groups in total. The topological polar surface area (TPSA) is 52.9 Å². The lowest BCUT2D eigenvalue weighted by molar-refractivity contribution is 0.619. The number of hydrogen-bond donors (Lipinski definition) is 1. The molecule has 90 valence electrons. The number of halogens is 1. The van der Waals surface area contributed by atoms with Crippen LogP contribution in [0.5, 0.6) is 0 Å². The van der Waals surface area contributed by atoms with Gasteiger partial charge in [-0.3, -0.25) is 4.21 Å². The number of nitrogens with zero attached hydrogens (tertiary/aromatic N) is 1. The highest BCUT2D eigenvalue weighted by Gasteiger charge is 2.17. The van der Waals surface area contributed by atoms with E-state index in [-0.39, 0.29) is 11.6 Å². The predicted octanol–water partition coefficient (Wildman–Crippen LogP) is 2.02. The van der Waals surface area contributed by atoms with Gasteiger partial charge in [-0.25, -0.2) is 4.39 Å². The summed E-state index contributed by atoms with van der Waals surface area (Å²) in [6, 6.07) is 6.52. The summed E-state index contributed by atoms with van der Waals surface area (Å²) < 4.78 is 24.3. The van der Waals surface area contributed by atoms with Crippen LogP contribution >= 0.6 is 0 Å². The smallest absolute Gasteiger partial charge is 0.141 e. The third-order valence-electron chi connectivity index (χ3n) is 2.85. The van der Waals surface area contributed by atoms with Crippen molar-refractivity contribution in [2.75, 3.05) is 16.8 Å². The lowest BCUT2D eigenvalue weighted by Gasteiger charge is -2.23. The van der Waals surface area contributed by atoms with Crippen LogP contribution in [0.2, 0.25) is 0 Å². The summed E-state index contributed by atoms with van der Waals surface area (Å²) in [5.41, 5.74) is 0.801. The molecule has 17 heavy (non-hydrogen) atoms. The van der Waals surface area contributed by atoms with Crippen molar-refractivity contribution in [1.29, 1.82) is 5.26 Å². The van der Waals surface area contributed by atoms with Gasteiger partial charge in [0.05, 0.1) is 5.56 Å². The maximum absolute atomic E-state index is 13.1. The molecular formula is C12H13FN2OS. The summed E-state index contributed by atoms with van der Waals surface area (Å²) in [7, 11) is -0.681. The summed E-state index contributed by atoms with van der Waals surface area (Å²) in [5, 5.41) is 12.0. The molecule has 1 aromatic carbocycles. The van der Waals surface area contributed by atoms with Crippen LogP contribution in [0.15, 0.2) is 18.2 Å². The standard InChI is InChI=1S/C12H13FN2OS/c13-12-2-1-11(7-9(12)8-14)15-10-3-5-17(16)6-4-10/h1-2,7,10,15H,3-6H2. The molecule has 0 spiro atoms. The highest BCUT2D eigenvalue weighted by Crippen LogP contribution is 2.18. The van der Waals surface area contributed by atoms with Crippen LogP contribution < -0.4 is 5.32 Å². The van der Waals surface area contributed by atoms with E-state index in [1.807, 2.05) is 6.07 Å². The molecule has 1 aliphatic heterocycles. The fraction of sp³-hybridized carbons (Fsp3) is 0.417. The molecule has 5 heteroatoms. The summed E-state index contributed by atoms with van der Waals surface area (Å²) in [4.78, 5) is 0. The number of nitriles is 1. The van der Waals surface area contributed by atoms with Crippen molar-refractivity contribution in [3.8, 4) is 6.07 Å². The average molecular weight is 252 g/mol. The van der Waals surface area contributed by atoms with Gasteiger partial charge in [0.25, 0.3) is 0 Å². The lowest BCUT2D eigenvalue weighted by Crippen LogP contribution is -2.29. The summed E-state index contributed by atoms with van der Waals surface area (Å²) in [6.45, 7) is 0. The van der Waals surface area contributed by atoms with Crippen molar-refractivity contribution in [2.24, 2.45) is 0 Å². The zero-order chi connectivity index (χ0) is 12.3. The van der Waals surface area contributed by atoms with Gasteiger partial charge < -0.3 is 5.32 Å². The van der Waals surface area contributed by atoms with Crippen molar-refractivity contribution in [2.45, 2.75) is 18.9 Å². The van der Waals surface area contributed by atoms with Crippen molar-refractivity contribution in [3.05, 3.63) is 29.6 Å². The quantitative estimate of drug-likeness (QED) is 0.876. The van der Waals surface area contributed by atoms with Crippen LogP contribution in [-0.4, -0.2) is 21.8 Å². The Morgan fingerprint density at radius 3 is 2.76 bits per heavy atom. The maximum Gasteiger partial charge on any atom is 0.141 e. The Morgan fingerprint density at radius 1 is 1.41 bits per heavy atom. The predicted molar refractivity (Wildman–Crippen MR) is 65.6 cm³/mol. The van der Waals surface area contributed by atoms with Crippen molar-refractivity contribution in [1.82, 2.24) is 0 Å². The average Bonchev–Trinajstić information content (AvgIpc) is 2.34. The molecule has 1 fully saturated rings. The van der Waals surface area contributed by atoms with E-state index < -0.39 is 16.6 Å². The molecule has 1 saturated heterocycles. The molecule has 0 saturated carbocycles. The van der Waals surface area contributed by atoms with Crippen LogP contribution in [0.3, 0.4) is 0 Å². The van der Waals surface area contributed by atoms with Gasteiger partial charge in [0.15, 0.2) is 0 Å². The molecule has 2 rings (SSSR count). The number of benzene rings is 1. The zero-order valence-corrected chi connectivity index (χ0v) is 10.1. The fourth-order valence-corrected chi connectivity index (χ4v) is 3.17. The normalized spacial score (nSPS) is 24.0. The van der Waals surface area contributed by atoms with E-state index in [9.17, 15) is 8.60 Å². The second kappa shape index (κ2) is 5.28. The molecule has 3 nitrogen and oxygen atoms in total. The van der Waals surface area contributed by atoms with E-state index in [0.717, 1.165) is 18.5 Å². The van der Waals surface area contributed by atoms with Crippen LogP contribution in [0.1, 0.15) is 18.4 Å². The highest BCUT2D eigenvalue weighted by atomic mass is 32.2. The first-order valence-corrected chi connectivity index (χ1v) is 6.99. The van der Waals surface area contributed by atoms with Crippen LogP contribution in [0.4, 0.5) is 10.1 Å². The first-order chi connectivity index (χ1) is 8.19. The third kappa shape index (κ3) is 3.04. The van der Waals surface area contributed by atoms with E-state index in [4.69, 9.17) is 5.26 Å². The molecule has 0 radical (unpaired) electrons.